The van der Waals surface area contributed by atoms with Gasteiger partial charge in [-0.25, -0.2) is 0 Å². The Labute approximate surface area is 80.1 Å². The number of fused-ring (bicyclic) bond motifs is 1. The van der Waals surface area contributed by atoms with Crippen molar-refractivity contribution in [2.75, 3.05) is 0 Å². The zero-order chi connectivity index (χ0) is 8.80. The van der Waals surface area contributed by atoms with Gasteiger partial charge in [0.15, 0.2) is 0 Å². The van der Waals surface area contributed by atoms with Gasteiger partial charge < -0.3 is 0 Å². The fourth-order valence-electron chi connectivity index (χ4n) is 7.42. The summed E-state index contributed by atoms with van der Waals surface area (Å²) in [4.78, 5) is 0. The molecule has 70 valence electrons. The molecule has 0 amide bonds. The summed E-state index contributed by atoms with van der Waals surface area (Å²) in [5.41, 5.74) is 2.54. The van der Waals surface area contributed by atoms with E-state index in [9.17, 15) is 0 Å². The summed E-state index contributed by atoms with van der Waals surface area (Å²) in [6.45, 7) is 7.72. The predicted octanol–water partition coefficient (Wildman–Crippen LogP) is 2.93. The highest BCUT2D eigenvalue weighted by atomic mass is 15.1. The summed E-state index contributed by atoms with van der Waals surface area (Å²) < 4.78 is 0. The van der Waals surface area contributed by atoms with Crippen LogP contribution in [0.15, 0.2) is 0 Å². The number of rotatable bonds is 0. The molecule has 6 aliphatic carbocycles. The summed E-state index contributed by atoms with van der Waals surface area (Å²) in [5, 5.41) is 0. The molecule has 13 heavy (non-hydrogen) atoms. The summed E-state index contributed by atoms with van der Waals surface area (Å²) >= 11 is 0. The van der Waals surface area contributed by atoms with E-state index in [-0.39, 0.29) is 0 Å². The molecule has 6 fully saturated rings. The minimum atomic E-state index is 0.741. The molecule has 2 spiro atoms. The molecule has 6 aliphatic rings. The predicted molar refractivity (Wildman–Crippen MR) is 51.0 cm³/mol. The SMILES string of the molecule is CC1C23C4CC4C2C2CC13C2(C)C. The maximum absolute atomic E-state index is 2.57. The Bertz CT molecular complexity index is 351. The minimum absolute atomic E-state index is 0.741. The zero-order valence-electron chi connectivity index (χ0n) is 8.80. The molecule has 0 radical (unpaired) electrons. The third kappa shape index (κ3) is 0.284. The summed E-state index contributed by atoms with van der Waals surface area (Å²) in [6.07, 6.45) is 3.25. The first kappa shape index (κ1) is 6.48. The molecule has 2 bridgehead atoms. The molecule has 0 aromatic carbocycles. The summed E-state index contributed by atoms with van der Waals surface area (Å²) in [5.74, 6) is 5.90. The lowest BCUT2D eigenvalue weighted by molar-refractivity contribution is -0.0399. The average molecular weight is 174 g/mol. The standard InChI is InChI=1S/C13H18/c1-6-12-5-9(11(12,2)3)10-7-4-8(7)13(6,10)12/h6-10H,4-5H2,1-3H3. The van der Waals surface area contributed by atoms with E-state index in [1.54, 1.807) is 12.8 Å². The van der Waals surface area contributed by atoms with Crippen LogP contribution < -0.4 is 0 Å². The molecular weight excluding hydrogens is 156 g/mol. The van der Waals surface area contributed by atoms with Crippen LogP contribution in [0.1, 0.15) is 33.6 Å². The second kappa shape index (κ2) is 1.19. The van der Waals surface area contributed by atoms with Gasteiger partial charge in [0.1, 0.15) is 0 Å². The Hall–Kier alpha value is 0. The van der Waals surface area contributed by atoms with Crippen molar-refractivity contribution in [3.05, 3.63) is 0 Å². The van der Waals surface area contributed by atoms with Gasteiger partial charge in [-0.05, 0) is 58.7 Å². The van der Waals surface area contributed by atoms with Gasteiger partial charge >= 0.3 is 0 Å². The fourth-order valence-corrected chi connectivity index (χ4v) is 7.42. The highest BCUT2D eigenvalue weighted by molar-refractivity contribution is 5.49. The highest BCUT2D eigenvalue weighted by Gasteiger charge is 3.03. The van der Waals surface area contributed by atoms with E-state index in [1.165, 1.54) is 17.8 Å². The first-order valence-electron chi connectivity index (χ1n) is 6.10. The van der Waals surface area contributed by atoms with E-state index < -0.39 is 0 Å². The van der Waals surface area contributed by atoms with Crippen molar-refractivity contribution in [2.24, 2.45) is 45.8 Å². The van der Waals surface area contributed by atoms with Crippen LogP contribution in [0, 0.1) is 45.8 Å². The van der Waals surface area contributed by atoms with Crippen LogP contribution in [0.5, 0.6) is 0 Å². The summed E-state index contributed by atoms with van der Waals surface area (Å²) in [6, 6.07) is 0. The molecule has 0 N–H and O–H groups in total. The molecule has 0 aromatic rings. The lowest BCUT2D eigenvalue weighted by Crippen LogP contribution is -2.46. The van der Waals surface area contributed by atoms with Crippen LogP contribution in [0.4, 0.5) is 0 Å². The van der Waals surface area contributed by atoms with Gasteiger partial charge in [0, 0.05) is 0 Å². The molecule has 0 saturated heterocycles. The van der Waals surface area contributed by atoms with Crippen LogP contribution in [-0.4, -0.2) is 0 Å². The monoisotopic (exact) mass is 174 g/mol. The fraction of sp³-hybridized carbons (Fsp3) is 1.00. The Morgan fingerprint density at radius 2 is 1.92 bits per heavy atom. The Kier molecular flexibility index (Phi) is 0.591. The van der Waals surface area contributed by atoms with Gasteiger partial charge in [-0.3, -0.25) is 0 Å². The van der Waals surface area contributed by atoms with Crippen molar-refractivity contribution >= 4 is 0 Å². The Morgan fingerprint density at radius 3 is 2.46 bits per heavy atom. The molecule has 6 rings (SSSR count). The zero-order valence-corrected chi connectivity index (χ0v) is 8.80. The van der Waals surface area contributed by atoms with Crippen molar-refractivity contribution in [3.8, 4) is 0 Å². The third-order valence-corrected chi connectivity index (χ3v) is 7.66. The summed E-state index contributed by atoms with van der Waals surface area (Å²) in [7, 11) is 0. The van der Waals surface area contributed by atoms with Crippen LogP contribution in [0.3, 0.4) is 0 Å². The molecule has 6 saturated carbocycles. The van der Waals surface area contributed by atoms with Gasteiger partial charge in [0.2, 0.25) is 0 Å². The molecular formula is C13H18. The van der Waals surface area contributed by atoms with E-state index in [4.69, 9.17) is 0 Å². The van der Waals surface area contributed by atoms with E-state index in [1.807, 2.05) is 0 Å². The van der Waals surface area contributed by atoms with E-state index in [0.717, 1.165) is 28.1 Å². The normalized spacial score (nSPS) is 82.8. The molecule has 0 aromatic heterocycles. The van der Waals surface area contributed by atoms with Crippen molar-refractivity contribution in [3.63, 3.8) is 0 Å². The average Bonchev–Trinajstić information content (AvgIpc) is 2.85. The second-order valence-corrected chi connectivity index (χ2v) is 7.19. The van der Waals surface area contributed by atoms with Crippen molar-refractivity contribution < 1.29 is 0 Å². The quantitative estimate of drug-likeness (QED) is 0.529. The van der Waals surface area contributed by atoms with Crippen LogP contribution in [-0.2, 0) is 0 Å². The molecule has 0 aliphatic heterocycles. The first-order valence-corrected chi connectivity index (χ1v) is 6.10. The number of hydrogen-bond donors (Lipinski definition) is 0. The van der Waals surface area contributed by atoms with E-state index in [2.05, 4.69) is 20.8 Å². The van der Waals surface area contributed by atoms with Gasteiger partial charge in [-0.2, -0.15) is 0 Å². The Balaban J connectivity index is 1.81. The lowest BCUT2D eigenvalue weighted by atomic mass is 9.52. The molecule has 7 atom stereocenters. The second-order valence-electron chi connectivity index (χ2n) is 7.19. The molecule has 7 unspecified atom stereocenters. The topological polar surface area (TPSA) is 0 Å². The smallest absolute Gasteiger partial charge is 0.0137 e. The van der Waals surface area contributed by atoms with Gasteiger partial charge in [0.25, 0.3) is 0 Å². The highest BCUT2D eigenvalue weighted by Crippen LogP contribution is 3.07. The molecule has 0 heteroatoms. The molecule has 0 heterocycles. The Morgan fingerprint density at radius 1 is 1.15 bits per heavy atom. The lowest BCUT2D eigenvalue weighted by Gasteiger charge is -2.52. The van der Waals surface area contributed by atoms with Gasteiger partial charge in [0.05, 0.1) is 0 Å². The number of hydrogen-bond acceptors (Lipinski definition) is 0. The molecule has 0 nitrogen and oxygen atoms in total. The van der Waals surface area contributed by atoms with E-state index >= 15 is 0 Å². The van der Waals surface area contributed by atoms with Crippen LogP contribution >= 0.6 is 0 Å². The van der Waals surface area contributed by atoms with E-state index in [0.29, 0.717) is 0 Å². The van der Waals surface area contributed by atoms with Crippen LogP contribution in [0.25, 0.3) is 0 Å². The first-order chi connectivity index (χ1) is 6.10. The largest absolute Gasteiger partial charge is 0.0614 e. The minimum Gasteiger partial charge on any atom is -0.0614 e. The van der Waals surface area contributed by atoms with Crippen molar-refractivity contribution in [1.29, 1.82) is 0 Å². The van der Waals surface area contributed by atoms with Crippen LogP contribution in [0.2, 0.25) is 0 Å². The van der Waals surface area contributed by atoms with Crippen molar-refractivity contribution in [2.45, 2.75) is 33.6 Å². The maximum Gasteiger partial charge on any atom is -0.0137 e. The van der Waals surface area contributed by atoms with Gasteiger partial charge in [-0.1, -0.05) is 20.8 Å². The third-order valence-electron chi connectivity index (χ3n) is 7.66. The van der Waals surface area contributed by atoms with Gasteiger partial charge in [-0.15, -0.1) is 0 Å². The maximum atomic E-state index is 2.57. The van der Waals surface area contributed by atoms with Crippen molar-refractivity contribution in [1.82, 2.24) is 0 Å².